The molecule has 1 fully saturated rings. The van der Waals surface area contributed by atoms with Crippen molar-refractivity contribution in [2.45, 2.75) is 25.7 Å². The summed E-state index contributed by atoms with van der Waals surface area (Å²) in [6, 6.07) is 21.4. The lowest BCUT2D eigenvalue weighted by atomic mass is 10.1. The minimum atomic E-state index is 0.955. The molecule has 2 aromatic rings. The van der Waals surface area contributed by atoms with Gasteiger partial charge in [0.15, 0.2) is 0 Å². The van der Waals surface area contributed by atoms with Crippen LogP contribution >= 0.6 is 0 Å². The van der Waals surface area contributed by atoms with Crippen molar-refractivity contribution >= 4 is 6.08 Å². The molecule has 23 heavy (non-hydrogen) atoms. The molecule has 1 nitrogen and oxygen atoms in total. The van der Waals surface area contributed by atoms with E-state index >= 15 is 0 Å². The Bertz CT molecular complexity index is 584. The fourth-order valence-corrected chi connectivity index (χ4v) is 2.98. The Morgan fingerprint density at radius 2 is 1.61 bits per heavy atom. The lowest BCUT2D eigenvalue weighted by Crippen LogP contribution is -2.27. The van der Waals surface area contributed by atoms with E-state index in [9.17, 15) is 0 Å². The number of aryl methyl sites for hydroxylation is 1. The standard InChI is InChI=1S/C22H27N/c1-3-9-20(10-4-1)13-7-17-23(19-22-15-16-22)18-8-14-21-11-5-2-6-12-21/h1-7,9-13,22H,8,14-19H2/b13-7+. The van der Waals surface area contributed by atoms with Crippen LogP contribution in [-0.4, -0.2) is 24.5 Å². The van der Waals surface area contributed by atoms with Gasteiger partial charge in [0, 0.05) is 13.1 Å². The molecule has 0 unspecified atom stereocenters. The van der Waals surface area contributed by atoms with Crippen LogP contribution in [0.1, 0.15) is 30.4 Å². The normalized spacial score (nSPS) is 14.7. The largest absolute Gasteiger partial charge is 0.299 e. The fourth-order valence-electron chi connectivity index (χ4n) is 2.98. The first-order chi connectivity index (χ1) is 11.4. The second-order valence-electron chi connectivity index (χ2n) is 6.61. The zero-order valence-corrected chi connectivity index (χ0v) is 13.9. The van der Waals surface area contributed by atoms with Crippen LogP contribution in [0.15, 0.2) is 66.7 Å². The highest BCUT2D eigenvalue weighted by molar-refractivity contribution is 5.48. The molecule has 1 heteroatoms. The minimum absolute atomic E-state index is 0.955. The molecule has 0 spiro atoms. The summed E-state index contributed by atoms with van der Waals surface area (Å²) in [5, 5.41) is 0. The van der Waals surface area contributed by atoms with Gasteiger partial charge in [-0.2, -0.15) is 0 Å². The molecule has 0 aliphatic heterocycles. The zero-order chi connectivity index (χ0) is 15.7. The monoisotopic (exact) mass is 305 g/mol. The minimum Gasteiger partial charge on any atom is -0.299 e. The van der Waals surface area contributed by atoms with E-state index in [1.165, 1.54) is 49.9 Å². The molecule has 0 heterocycles. The van der Waals surface area contributed by atoms with E-state index in [2.05, 4.69) is 77.7 Å². The summed E-state index contributed by atoms with van der Waals surface area (Å²) in [5.41, 5.74) is 2.75. The second kappa shape index (κ2) is 8.69. The molecule has 0 amide bonds. The molecule has 0 aromatic heterocycles. The summed E-state index contributed by atoms with van der Waals surface area (Å²) < 4.78 is 0. The van der Waals surface area contributed by atoms with Crippen LogP contribution in [0.4, 0.5) is 0 Å². The number of benzene rings is 2. The Kier molecular flexibility index (Phi) is 6.05. The highest BCUT2D eigenvalue weighted by Gasteiger charge is 2.23. The highest BCUT2D eigenvalue weighted by Crippen LogP contribution is 2.29. The molecule has 2 aromatic carbocycles. The van der Waals surface area contributed by atoms with Crippen LogP contribution < -0.4 is 0 Å². The zero-order valence-electron chi connectivity index (χ0n) is 13.9. The number of rotatable bonds is 9. The van der Waals surface area contributed by atoms with Gasteiger partial charge in [-0.25, -0.2) is 0 Å². The van der Waals surface area contributed by atoms with Crippen LogP contribution in [-0.2, 0) is 6.42 Å². The average molecular weight is 305 g/mol. The van der Waals surface area contributed by atoms with Crippen LogP contribution in [0.2, 0.25) is 0 Å². The molecule has 1 saturated carbocycles. The molecule has 1 aliphatic rings. The maximum atomic E-state index is 2.63. The van der Waals surface area contributed by atoms with E-state index in [-0.39, 0.29) is 0 Å². The van der Waals surface area contributed by atoms with Crippen molar-refractivity contribution in [3.63, 3.8) is 0 Å². The fraction of sp³-hybridized carbons (Fsp3) is 0.364. The molecule has 0 N–H and O–H groups in total. The lowest BCUT2D eigenvalue weighted by molar-refractivity contribution is 0.287. The van der Waals surface area contributed by atoms with E-state index in [4.69, 9.17) is 0 Å². The summed E-state index contributed by atoms with van der Waals surface area (Å²) in [6.45, 7) is 3.54. The lowest BCUT2D eigenvalue weighted by Gasteiger charge is -2.20. The third-order valence-electron chi connectivity index (χ3n) is 4.47. The topological polar surface area (TPSA) is 3.24 Å². The maximum Gasteiger partial charge on any atom is 0.0166 e. The van der Waals surface area contributed by atoms with Crippen LogP contribution in [0, 0.1) is 5.92 Å². The van der Waals surface area contributed by atoms with Gasteiger partial charge in [0.1, 0.15) is 0 Å². The van der Waals surface area contributed by atoms with Gasteiger partial charge in [-0.3, -0.25) is 4.90 Å². The Labute approximate surface area is 140 Å². The molecule has 1 aliphatic carbocycles. The maximum absolute atomic E-state index is 2.63. The van der Waals surface area contributed by atoms with E-state index in [1.54, 1.807) is 0 Å². The predicted octanol–water partition coefficient (Wildman–Crippen LogP) is 5.04. The number of nitrogens with zero attached hydrogens (tertiary/aromatic N) is 1. The van der Waals surface area contributed by atoms with Gasteiger partial charge in [0.05, 0.1) is 0 Å². The summed E-state index contributed by atoms with van der Waals surface area (Å²) in [7, 11) is 0. The van der Waals surface area contributed by atoms with Gasteiger partial charge in [-0.15, -0.1) is 0 Å². The summed E-state index contributed by atoms with van der Waals surface area (Å²) in [6.07, 6.45) is 9.85. The molecule has 0 atom stereocenters. The quantitative estimate of drug-likeness (QED) is 0.627. The van der Waals surface area contributed by atoms with E-state index in [1.807, 2.05) is 0 Å². The van der Waals surface area contributed by atoms with Crippen molar-refractivity contribution in [1.82, 2.24) is 4.90 Å². The van der Waals surface area contributed by atoms with Gasteiger partial charge in [0.25, 0.3) is 0 Å². The van der Waals surface area contributed by atoms with Gasteiger partial charge >= 0.3 is 0 Å². The highest BCUT2D eigenvalue weighted by atomic mass is 15.1. The first kappa shape index (κ1) is 16.0. The van der Waals surface area contributed by atoms with Crippen LogP contribution in [0.5, 0.6) is 0 Å². The van der Waals surface area contributed by atoms with Crippen molar-refractivity contribution < 1.29 is 0 Å². The van der Waals surface area contributed by atoms with Crippen molar-refractivity contribution in [3.8, 4) is 0 Å². The summed E-state index contributed by atoms with van der Waals surface area (Å²) >= 11 is 0. The van der Waals surface area contributed by atoms with E-state index in [0.29, 0.717) is 0 Å². The van der Waals surface area contributed by atoms with Gasteiger partial charge < -0.3 is 0 Å². The second-order valence-corrected chi connectivity index (χ2v) is 6.61. The smallest absolute Gasteiger partial charge is 0.0166 e. The van der Waals surface area contributed by atoms with Gasteiger partial charge in [-0.1, -0.05) is 72.8 Å². The van der Waals surface area contributed by atoms with E-state index < -0.39 is 0 Å². The summed E-state index contributed by atoms with van der Waals surface area (Å²) in [4.78, 5) is 2.63. The first-order valence-electron chi connectivity index (χ1n) is 8.88. The number of hydrogen-bond acceptors (Lipinski definition) is 1. The summed E-state index contributed by atoms with van der Waals surface area (Å²) in [5.74, 6) is 0.955. The van der Waals surface area contributed by atoms with Crippen LogP contribution in [0.25, 0.3) is 6.08 Å². The SMILES string of the molecule is C(=C\c1ccccc1)/CN(CCCc1ccccc1)CC1CC1. The van der Waals surface area contributed by atoms with Crippen molar-refractivity contribution in [2.24, 2.45) is 5.92 Å². The molecular formula is C22H27N. The number of hydrogen-bond donors (Lipinski definition) is 0. The Hall–Kier alpha value is -1.86. The molecule has 3 rings (SSSR count). The average Bonchev–Trinajstić information content (AvgIpc) is 3.41. The third kappa shape index (κ3) is 6.03. The van der Waals surface area contributed by atoms with Crippen LogP contribution in [0.3, 0.4) is 0 Å². The molecule has 0 radical (unpaired) electrons. The molecule has 120 valence electrons. The van der Waals surface area contributed by atoms with Crippen molar-refractivity contribution in [1.29, 1.82) is 0 Å². The third-order valence-corrected chi connectivity index (χ3v) is 4.47. The Balaban J connectivity index is 1.46. The molecular weight excluding hydrogens is 278 g/mol. The Morgan fingerprint density at radius 1 is 0.913 bits per heavy atom. The Morgan fingerprint density at radius 3 is 2.30 bits per heavy atom. The predicted molar refractivity (Wildman–Crippen MR) is 99.4 cm³/mol. The first-order valence-corrected chi connectivity index (χ1v) is 8.88. The molecule has 0 bridgehead atoms. The van der Waals surface area contributed by atoms with Gasteiger partial charge in [0.2, 0.25) is 0 Å². The van der Waals surface area contributed by atoms with Crippen molar-refractivity contribution in [3.05, 3.63) is 77.9 Å². The van der Waals surface area contributed by atoms with Gasteiger partial charge in [-0.05, 0) is 49.3 Å². The molecule has 0 saturated heterocycles. The van der Waals surface area contributed by atoms with E-state index in [0.717, 1.165) is 12.5 Å². The van der Waals surface area contributed by atoms with Crippen molar-refractivity contribution in [2.75, 3.05) is 19.6 Å².